The zero-order valence-corrected chi connectivity index (χ0v) is 12.7. The molecule has 1 rings (SSSR count). The number of carbonyl (C=O) groups is 1. The molecule has 0 aliphatic heterocycles. The second-order valence-electron chi connectivity index (χ2n) is 4.46. The lowest BCUT2D eigenvalue weighted by molar-refractivity contribution is -0.497. The molecule has 20 heavy (non-hydrogen) atoms. The van der Waals surface area contributed by atoms with Gasteiger partial charge in [-0.1, -0.05) is 6.92 Å². The molecule has 0 amide bonds. The van der Waals surface area contributed by atoms with Crippen molar-refractivity contribution in [3.8, 4) is 6.07 Å². The van der Waals surface area contributed by atoms with Gasteiger partial charge in [0.2, 0.25) is 11.2 Å². The maximum absolute atomic E-state index is 12.3. The Kier molecular flexibility index (Phi) is 4.77. The lowest BCUT2D eigenvalue weighted by Crippen LogP contribution is -2.85. The molecule has 0 heterocycles. The van der Waals surface area contributed by atoms with E-state index in [-0.39, 0.29) is 6.61 Å². The van der Waals surface area contributed by atoms with Gasteiger partial charge in [0, 0.05) is 28.4 Å². The van der Waals surface area contributed by atoms with E-state index in [0.29, 0.717) is 0 Å². The third-order valence-corrected chi connectivity index (χ3v) is 4.15. The van der Waals surface area contributed by atoms with Crippen molar-refractivity contribution >= 4 is 5.97 Å². The summed E-state index contributed by atoms with van der Waals surface area (Å²) in [7, 11) is 5.46. The minimum Gasteiger partial charge on any atom is -0.465 e. The third-order valence-electron chi connectivity index (χ3n) is 4.15. The monoisotopic (exact) mass is 287 g/mol. The fraction of sp³-hybridized carbons (Fsp3) is 0.846. The number of nitriles is 1. The first-order valence-corrected chi connectivity index (χ1v) is 6.23. The normalized spacial score (nSPS) is 30.1. The van der Waals surface area contributed by atoms with Crippen LogP contribution in [0.3, 0.4) is 0 Å². The topological polar surface area (TPSA) is 87.0 Å². The Morgan fingerprint density at radius 1 is 1.15 bits per heavy atom. The lowest BCUT2D eigenvalue weighted by Gasteiger charge is -2.65. The van der Waals surface area contributed by atoms with Gasteiger partial charge in [-0.25, -0.2) is 0 Å². The van der Waals surface area contributed by atoms with Crippen molar-refractivity contribution in [3.63, 3.8) is 0 Å². The number of hydrogen-bond acceptors (Lipinski definition) is 7. The summed E-state index contributed by atoms with van der Waals surface area (Å²) in [5.41, 5.74) is -1.67. The number of rotatable bonds is 6. The van der Waals surface area contributed by atoms with Gasteiger partial charge in [0.15, 0.2) is 0 Å². The number of nitrogens with zero attached hydrogens (tertiary/aromatic N) is 1. The van der Waals surface area contributed by atoms with E-state index in [1.807, 2.05) is 6.07 Å². The Morgan fingerprint density at radius 3 is 1.95 bits per heavy atom. The highest BCUT2D eigenvalue weighted by atomic mass is 16.8. The molecule has 0 aromatic heterocycles. The summed E-state index contributed by atoms with van der Waals surface area (Å²) < 4.78 is 26.5. The van der Waals surface area contributed by atoms with E-state index < -0.39 is 28.9 Å². The second kappa shape index (κ2) is 5.66. The fourth-order valence-corrected chi connectivity index (χ4v) is 3.22. The van der Waals surface area contributed by atoms with Crippen LogP contribution in [0.25, 0.3) is 0 Å². The van der Waals surface area contributed by atoms with E-state index in [2.05, 4.69) is 0 Å². The maximum Gasteiger partial charge on any atom is 0.332 e. The maximum atomic E-state index is 12.3. The summed E-state index contributed by atoms with van der Waals surface area (Å²) in [6.45, 7) is 3.46. The number of methoxy groups -OCH3 is 4. The molecule has 114 valence electrons. The smallest absolute Gasteiger partial charge is 0.332 e. The zero-order chi connectivity index (χ0) is 15.6. The van der Waals surface area contributed by atoms with Gasteiger partial charge >= 0.3 is 5.97 Å². The highest BCUT2D eigenvalue weighted by Gasteiger charge is 2.87. The third kappa shape index (κ3) is 1.50. The van der Waals surface area contributed by atoms with E-state index in [1.54, 1.807) is 13.8 Å². The number of ether oxygens (including phenoxy) is 5. The van der Waals surface area contributed by atoms with Crippen LogP contribution < -0.4 is 0 Å². The van der Waals surface area contributed by atoms with Crippen molar-refractivity contribution in [1.82, 2.24) is 0 Å². The Labute approximate surface area is 118 Å². The Bertz CT molecular complexity index is 410. The van der Waals surface area contributed by atoms with Crippen molar-refractivity contribution in [2.24, 2.45) is 11.3 Å². The molecule has 0 bridgehead atoms. The zero-order valence-electron chi connectivity index (χ0n) is 12.7. The van der Waals surface area contributed by atoms with Crippen molar-refractivity contribution < 1.29 is 28.5 Å². The summed E-state index contributed by atoms with van der Waals surface area (Å²) >= 11 is 0. The first-order chi connectivity index (χ1) is 9.44. The molecule has 0 unspecified atom stereocenters. The molecular formula is C13H21NO6. The fourth-order valence-electron chi connectivity index (χ4n) is 3.22. The van der Waals surface area contributed by atoms with Crippen LogP contribution in [0.2, 0.25) is 0 Å². The van der Waals surface area contributed by atoms with Crippen molar-refractivity contribution in [1.29, 1.82) is 5.26 Å². The SMILES string of the molecule is CCOC(=O)[C@@]1(C#N)[C@@H](C)C(OC)(OC)C1(OC)OC. The predicted octanol–water partition coefficient (Wildman–Crippen LogP) is 0.687. The van der Waals surface area contributed by atoms with Gasteiger partial charge in [0.25, 0.3) is 5.79 Å². The first kappa shape index (κ1) is 16.9. The van der Waals surface area contributed by atoms with Crippen LogP contribution in [0.15, 0.2) is 0 Å². The van der Waals surface area contributed by atoms with E-state index in [4.69, 9.17) is 23.7 Å². The van der Waals surface area contributed by atoms with Crippen LogP contribution in [-0.2, 0) is 28.5 Å². The van der Waals surface area contributed by atoms with E-state index in [0.717, 1.165) is 0 Å². The standard InChI is InChI=1S/C13H21NO6/c1-7-20-10(15)11(8-14)9(2)12(16-3,17-4)13(11,18-5)19-6/h9H,7H2,1-6H3/t9-,11-/m1/s1. The highest BCUT2D eigenvalue weighted by Crippen LogP contribution is 2.65. The molecule has 1 saturated carbocycles. The molecule has 0 saturated heterocycles. The molecule has 0 aromatic rings. The average molecular weight is 287 g/mol. The van der Waals surface area contributed by atoms with Gasteiger partial charge in [-0.15, -0.1) is 0 Å². The molecule has 0 aromatic carbocycles. The summed E-state index contributed by atoms with van der Waals surface area (Å²) in [6.07, 6.45) is 0. The molecule has 0 N–H and O–H groups in total. The minimum atomic E-state index is -1.70. The average Bonchev–Trinajstić information content (AvgIpc) is 2.46. The van der Waals surface area contributed by atoms with Gasteiger partial charge < -0.3 is 23.7 Å². The summed E-state index contributed by atoms with van der Waals surface area (Å²) in [6, 6.07) is 1.98. The van der Waals surface area contributed by atoms with Crippen LogP contribution in [0.5, 0.6) is 0 Å². The summed E-state index contributed by atoms with van der Waals surface area (Å²) in [4.78, 5) is 12.3. The van der Waals surface area contributed by atoms with Gasteiger partial charge in [0.05, 0.1) is 18.6 Å². The number of hydrogen-bond donors (Lipinski definition) is 0. The number of carbonyl (C=O) groups excluding carboxylic acids is 1. The molecular weight excluding hydrogens is 266 g/mol. The van der Waals surface area contributed by atoms with Crippen LogP contribution in [0.1, 0.15) is 13.8 Å². The van der Waals surface area contributed by atoms with Crippen molar-refractivity contribution in [2.75, 3.05) is 35.0 Å². The van der Waals surface area contributed by atoms with Gasteiger partial charge in [0.1, 0.15) is 0 Å². The van der Waals surface area contributed by atoms with E-state index in [9.17, 15) is 10.1 Å². The Morgan fingerprint density at radius 2 is 1.65 bits per heavy atom. The van der Waals surface area contributed by atoms with E-state index >= 15 is 0 Å². The molecule has 7 nitrogen and oxygen atoms in total. The van der Waals surface area contributed by atoms with Crippen LogP contribution in [0, 0.1) is 22.7 Å². The number of esters is 1. The molecule has 0 radical (unpaired) electrons. The van der Waals surface area contributed by atoms with Gasteiger partial charge in [-0.3, -0.25) is 4.79 Å². The molecule has 2 atom stereocenters. The van der Waals surface area contributed by atoms with Crippen molar-refractivity contribution in [3.05, 3.63) is 0 Å². The highest BCUT2D eigenvalue weighted by molar-refractivity contribution is 5.84. The molecule has 1 aliphatic rings. The quantitative estimate of drug-likeness (QED) is 0.524. The second-order valence-corrected chi connectivity index (χ2v) is 4.46. The van der Waals surface area contributed by atoms with Crippen LogP contribution >= 0.6 is 0 Å². The van der Waals surface area contributed by atoms with E-state index in [1.165, 1.54) is 28.4 Å². The predicted molar refractivity (Wildman–Crippen MR) is 67.3 cm³/mol. The van der Waals surface area contributed by atoms with Crippen LogP contribution in [0.4, 0.5) is 0 Å². The van der Waals surface area contributed by atoms with Gasteiger partial charge in [-0.2, -0.15) is 5.26 Å². The Hall–Kier alpha value is -1.20. The Balaban J connectivity index is 3.47. The molecule has 1 aliphatic carbocycles. The summed E-state index contributed by atoms with van der Waals surface area (Å²) in [5.74, 6) is -4.44. The van der Waals surface area contributed by atoms with Crippen LogP contribution in [-0.4, -0.2) is 52.6 Å². The first-order valence-electron chi connectivity index (χ1n) is 6.23. The summed E-state index contributed by atoms with van der Waals surface area (Å²) in [5, 5.41) is 9.60. The molecule has 0 spiro atoms. The van der Waals surface area contributed by atoms with Gasteiger partial charge in [-0.05, 0) is 6.92 Å². The lowest BCUT2D eigenvalue weighted by atomic mass is 9.51. The minimum absolute atomic E-state index is 0.144. The molecule has 1 fully saturated rings. The molecule has 7 heteroatoms. The largest absolute Gasteiger partial charge is 0.465 e. The van der Waals surface area contributed by atoms with Crippen molar-refractivity contribution in [2.45, 2.75) is 25.4 Å².